The van der Waals surface area contributed by atoms with Gasteiger partial charge in [-0.15, -0.1) is 0 Å². The Balaban J connectivity index is 1.92. The lowest BCUT2D eigenvalue weighted by molar-refractivity contribution is -0.171. The fourth-order valence-electron chi connectivity index (χ4n) is 4.34. The molecule has 2 aliphatic rings. The molecule has 28 heavy (non-hydrogen) atoms. The van der Waals surface area contributed by atoms with Crippen molar-refractivity contribution in [1.29, 1.82) is 0 Å². The predicted molar refractivity (Wildman–Crippen MR) is 100 cm³/mol. The number of ether oxygens (including phenoxy) is 5. The number of esters is 2. The maximum Gasteiger partial charge on any atom is 0.350 e. The topological polar surface area (TPSA) is 83.5 Å². The molecule has 0 N–H and O–H groups in total. The highest BCUT2D eigenvalue weighted by Gasteiger charge is 2.54. The van der Waals surface area contributed by atoms with Gasteiger partial charge in [-0.2, -0.15) is 0 Å². The van der Waals surface area contributed by atoms with Gasteiger partial charge in [0.1, 0.15) is 0 Å². The molecule has 2 atom stereocenters. The third kappa shape index (κ3) is 3.37. The second-order valence-electron chi connectivity index (χ2n) is 7.25. The van der Waals surface area contributed by atoms with Crippen LogP contribution in [0.3, 0.4) is 0 Å². The first-order valence-electron chi connectivity index (χ1n) is 9.22. The van der Waals surface area contributed by atoms with E-state index in [1.54, 1.807) is 0 Å². The molecule has 0 amide bonds. The molecular formula is C20H27NO7. The number of piperidine rings is 1. The van der Waals surface area contributed by atoms with Gasteiger partial charge in [-0.3, -0.25) is 0 Å². The third-order valence-electron chi connectivity index (χ3n) is 5.86. The fraction of sp³-hybridized carbons (Fsp3) is 0.600. The zero-order chi connectivity index (χ0) is 20.5. The molecule has 2 unspecified atom stereocenters. The highest BCUT2D eigenvalue weighted by atomic mass is 16.6. The first-order chi connectivity index (χ1) is 13.4. The van der Waals surface area contributed by atoms with Gasteiger partial charge in [-0.25, -0.2) is 9.59 Å². The average molecular weight is 393 g/mol. The van der Waals surface area contributed by atoms with Gasteiger partial charge in [0, 0.05) is 24.9 Å². The zero-order valence-electron chi connectivity index (χ0n) is 16.9. The van der Waals surface area contributed by atoms with E-state index >= 15 is 0 Å². The van der Waals surface area contributed by atoms with Crippen molar-refractivity contribution < 1.29 is 33.3 Å². The van der Waals surface area contributed by atoms with Crippen LogP contribution in [0.1, 0.15) is 36.0 Å². The Morgan fingerprint density at radius 2 is 1.50 bits per heavy atom. The van der Waals surface area contributed by atoms with Crippen molar-refractivity contribution in [3.05, 3.63) is 17.7 Å². The molecule has 2 aliphatic heterocycles. The van der Waals surface area contributed by atoms with E-state index < -0.39 is 17.5 Å². The minimum Gasteiger partial charge on any atom is -0.493 e. The van der Waals surface area contributed by atoms with Gasteiger partial charge in [0.05, 0.1) is 34.0 Å². The lowest BCUT2D eigenvalue weighted by Gasteiger charge is -2.42. The van der Waals surface area contributed by atoms with Crippen LogP contribution in [0.2, 0.25) is 0 Å². The molecular weight excluding hydrogens is 366 g/mol. The third-order valence-corrected chi connectivity index (χ3v) is 5.86. The van der Waals surface area contributed by atoms with Crippen molar-refractivity contribution in [3.8, 4) is 17.2 Å². The van der Waals surface area contributed by atoms with E-state index in [0.29, 0.717) is 30.1 Å². The number of rotatable bonds is 6. The van der Waals surface area contributed by atoms with Crippen molar-refractivity contribution >= 4 is 11.9 Å². The summed E-state index contributed by atoms with van der Waals surface area (Å²) in [6.45, 7) is 0. The molecule has 2 bridgehead atoms. The highest BCUT2D eigenvalue weighted by Crippen LogP contribution is 2.43. The Morgan fingerprint density at radius 3 is 1.93 bits per heavy atom. The number of carbonyl (C=O) groups excluding carboxylic acids is 2. The predicted octanol–water partition coefficient (Wildman–Crippen LogP) is 2.04. The average Bonchev–Trinajstić information content (AvgIpc) is 2.93. The number of hydrogen-bond acceptors (Lipinski definition) is 8. The summed E-state index contributed by atoms with van der Waals surface area (Å²) in [7, 11) is 7.79. The summed E-state index contributed by atoms with van der Waals surface area (Å²) in [4.78, 5) is 27.9. The molecule has 8 nitrogen and oxygen atoms in total. The van der Waals surface area contributed by atoms with E-state index in [0.717, 1.165) is 12.8 Å². The maximum absolute atomic E-state index is 13.0. The van der Waals surface area contributed by atoms with E-state index in [-0.39, 0.29) is 17.6 Å². The first-order valence-corrected chi connectivity index (χ1v) is 9.22. The molecule has 0 spiro atoms. The van der Waals surface area contributed by atoms with Crippen molar-refractivity contribution in [2.24, 2.45) is 0 Å². The SMILES string of the molecule is COC(=O)C1(OC(=O)c2cc(OC)c(OC)c(OC)c2)CC2CCC(C1)N2C. The second kappa shape index (κ2) is 7.87. The maximum atomic E-state index is 13.0. The highest BCUT2D eigenvalue weighted by molar-refractivity contribution is 5.94. The molecule has 1 aromatic rings. The lowest BCUT2D eigenvalue weighted by atomic mass is 9.86. The van der Waals surface area contributed by atoms with Crippen molar-refractivity contribution in [3.63, 3.8) is 0 Å². The van der Waals surface area contributed by atoms with Gasteiger partial charge in [0.2, 0.25) is 11.4 Å². The first kappa shape index (κ1) is 20.3. The standard InChI is InChI=1S/C20H27NO7/c1-21-13-6-7-14(21)11-20(10-13,19(23)27-5)28-18(22)12-8-15(24-2)17(26-4)16(9-12)25-3/h8-9,13-14H,6-7,10-11H2,1-5H3. The molecule has 2 fully saturated rings. The van der Waals surface area contributed by atoms with E-state index in [9.17, 15) is 9.59 Å². The summed E-state index contributed by atoms with van der Waals surface area (Å²) in [6.07, 6.45) is 2.79. The molecule has 8 heteroatoms. The van der Waals surface area contributed by atoms with Gasteiger partial charge < -0.3 is 28.6 Å². The Hall–Kier alpha value is -2.48. The normalized spacial score (nSPS) is 26.5. The Labute approximate surface area is 164 Å². The Bertz CT molecular complexity index is 724. The molecule has 0 aromatic heterocycles. The molecule has 0 aliphatic carbocycles. The van der Waals surface area contributed by atoms with Crippen LogP contribution in [-0.2, 0) is 14.3 Å². The zero-order valence-corrected chi connectivity index (χ0v) is 16.9. The molecule has 1 aromatic carbocycles. The van der Waals surface area contributed by atoms with Crippen LogP contribution in [0.5, 0.6) is 17.2 Å². The van der Waals surface area contributed by atoms with Crippen LogP contribution in [0.15, 0.2) is 12.1 Å². The summed E-state index contributed by atoms with van der Waals surface area (Å²) in [5, 5.41) is 0. The summed E-state index contributed by atoms with van der Waals surface area (Å²) in [6, 6.07) is 3.40. The van der Waals surface area contributed by atoms with Gasteiger partial charge in [0.15, 0.2) is 11.5 Å². The van der Waals surface area contributed by atoms with Gasteiger partial charge >= 0.3 is 11.9 Å². The molecule has 154 valence electrons. The van der Waals surface area contributed by atoms with Crippen molar-refractivity contribution in [2.75, 3.05) is 35.5 Å². The van der Waals surface area contributed by atoms with Crippen LogP contribution in [0.4, 0.5) is 0 Å². The van der Waals surface area contributed by atoms with Crippen LogP contribution < -0.4 is 14.2 Å². The second-order valence-corrected chi connectivity index (χ2v) is 7.25. The summed E-state index contributed by atoms with van der Waals surface area (Å²) in [5.41, 5.74) is -1.08. The number of hydrogen-bond donors (Lipinski definition) is 0. The summed E-state index contributed by atoms with van der Waals surface area (Å²) >= 11 is 0. The quantitative estimate of drug-likeness (QED) is 0.679. The van der Waals surface area contributed by atoms with Crippen molar-refractivity contribution in [1.82, 2.24) is 4.90 Å². The van der Waals surface area contributed by atoms with Gasteiger partial charge in [0.25, 0.3) is 0 Å². The van der Waals surface area contributed by atoms with E-state index in [1.165, 1.54) is 40.6 Å². The number of benzene rings is 1. The number of fused-ring (bicyclic) bond motifs is 2. The van der Waals surface area contributed by atoms with Crippen LogP contribution in [0.25, 0.3) is 0 Å². The van der Waals surface area contributed by atoms with E-state index in [1.807, 2.05) is 7.05 Å². The number of nitrogens with zero attached hydrogens (tertiary/aromatic N) is 1. The monoisotopic (exact) mass is 393 g/mol. The minimum absolute atomic E-state index is 0.186. The van der Waals surface area contributed by atoms with Gasteiger partial charge in [-0.05, 0) is 32.0 Å². The van der Waals surface area contributed by atoms with E-state index in [2.05, 4.69) is 4.90 Å². The largest absolute Gasteiger partial charge is 0.493 e. The smallest absolute Gasteiger partial charge is 0.350 e. The molecule has 2 heterocycles. The number of methoxy groups -OCH3 is 4. The van der Waals surface area contributed by atoms with E-state index in [4.69, 9.17) is 23.7 Å². The van der Waals surface area contributed by atoms with Crippen LogP contribution in [-0.4, -0.2) is 70.0 Å². The molecule has 3 rings (SSSR count). The van der Waals surface area contributed by atoms with Gasteiger partial charge in [-0.1, -0.05) is 0 Å². The Morgan fingerprint density at radius 1 is 0.964 bits per heavy atom. The minimum atomic E-state index is -1.29. The Kier molecular flexibility index (Phi) is 5.69. The fourth-order valence-corrected chi connectivity index (χ4v) is 4.34. The van der Waals surface area contributed by atoms with Crippen molar-refractivity contribution in [2.45, 2.75) is 43.4 Å². The van der Waals surface area contributed by atoms with Crippen LogP contribution in [0, 0.1) is 0 Å². The molecule has 0 saturated carbocycles. The number of carbonyl (C=O) groups is 2. The lowest BCUT2D eigenvalue weighted by Crippen LogP contribution is -2.56. The molecule has 2 saturated heterocycles. The summed E-state index contributed by atoms with van der Waals surface area (Å²) < 4.78 is 26.7. The van der Waals surface area contributed by atoms with Crippen LogP contribution >= 0.6 is 0 Å². The summed E-state index contributed by atoms with van der Waals surface area (Å²) in [5.74, 6) is -0.0952. The molecule has 0 radical (unpaired) electrons.